The van der Waals surface area contributed by atoms with Crippen LogP contribution in [0.1, 0.15) is 11.1 Å². The molecule has 0 atom stereocenters. The van der Waals surface area contributed by atoms with Gasteiger partial charge in [0.2, 0.25) is 0 Å². The smallest absolute Gasteiger partial charge is 0.124 e. The van der Waals surface area contributed by atoms with Gasteiger partial charge in [0.15, 0.2) is 0 Å². The Kier molecular flexibility index (Phi) is 3.90. The standard InChI is InChI=1S/C14H11Cl2NO/c1-9-2-4-13(12(16)6-9)17-8-10-7-11(15)3-5-14(10)18/h2-8,18H,1H3. The molecule has 0 aliphatic heterocycles. The first-order chi connectivity index (χ1) is 8.56. The zero-order valence-electron chi connectivity index (χ0n) is 9.69. The maximum Gasteiger partial charge on any atom is 0.124 e. The molecule has 0 aliphatic carbocycles. The highest BCUT2D eigenvalue weighted by atomic mass is 35.5. The third kappa shape index (κ3) is 3.03. The van der Waals surface area contributed by atoms with Crippen molar-refractivity contribution in [2.45, 2.75) is 6.92 Å². The molecule has 2 aromatic carbocycles. The van der Waals surface area contributed by atoms with Crippen LogP contribution >= 0.6 is 23.2 Å². The normalized spacial score (nSPS) is 11.1. The van der Waals surface area contributed by atoms with Crippen molar-refractivity contribution in [2.75, 3.05) is 0 Å². The molecular weight excluding hydrogens is 269 g/mol. The van der Waals surface area contributed by atoms with Gasteiger partial charge in [0.25, 0.3) is 0 Å². The summed E-state index contributed by atoms with van der Waals surface area (Å²) in [6.07, 6.45) is 1.54. The lowest BCUT2D eigenvalue weighted by molar-refractivity contribution is 0.474. The molecule has 0 unspecified atom stereocenters. The van der Waals surface area contributed by atoms with E-state index < -0.39 is 0 Å². The fourth-order valence-electron chi connectivity index (χ4n) is 1.48. The first-order valence-electron chi connectivity index (χ1n) is 5.35. The van der Waals surface area contributed by atoms with Crippen molar-refractivity contribution in [1.82, 2.24) is 0 Å². The second-order valence-corrected chi connectivity index (χ2v) is 4.76. The fraction of sp³-hybridized carbons (Fsp3) is 0.0714. The summed E-state index contributed by atoms with van der Waals surface area (Å²) >= 11 is 11.9. The number of phenols is 1. The molecule has 2 nitrogen and oxygen atoms in total. The van der Waals surface area contributed by atoms with E-state index in [1.54, 1.807) is 12.1 Å². The van der Waals surface area contributed by atoms with Crippen molar-refractivity contribution in [3.8, 4) is 5.75 Å². The summed E-state index contributed by atoms with van der Waals surface area (Å²) in [7, 11) is 0. The number of phenolic OH excluding ortho intramolecular Hbond substituents is 1. The number of hydrogen-bond acceptors (Lipinski definition) is 2. The highest BCUT2D eigenvalue weighted by Crippen LogP contribution is 2.26. The lowest BCUT2D eigenvalue weighted by Gasteiger charge is -2.01. The number of halogens is 2. The number of aryl methyl sites for hydroxylation is 1. The summed E-state index contributed by atoms with van der Waals surface area (Å²) in [5.74, 6) is 0.131. The van der Waals surface area contributed by atoms with Crippen molar-refractivity contribution in [3.63, 3.8) is 0 Å². The average molecular weight is 280 g/mol. The quantitative estimate of drug-likeness (QED) is 0.790. The SMILES string of the molecule is Cc1ccc(N=Cc2cc(Cl)ccc2O)c(Cl)c1. The van der Waals surface area contributed by atoms with E-state index in [4.69, 9.17) is 23.2 Å². The Morgan fingerprint density at radius 1 is 1.11 bits per heavy atom. The van der Waals surface area contributed by atoms with E-state index in [2.05, 4.69) is 4.99 Å². The number of aliphatic imine (C=N–C) groups is 1. The molecule has 0 radical (unpaired) electrons. The van der Waals surface area contributed by atoms with Gasteiger partial charge in [-0.2, -0.15) is 0 Å². The monoisotopic (exact) mass is 279 g/mol. The topological polar surface area (TPSA) is 32.6 Å². The van der Waals surface area contributed by atoms with E-state index in [1.165, 1.54) is 12.3 Å². The molecule has 92 valence electrons. The van der Waals surface area contributed by atoms with E-state index >= 15 is 0 Å². The van der Waals surface area contributed by atoms with Gasteiger partial charge < -0.3 is 5.11 Å². The van der Waals surface area contributed by atoms with Crippen molar-refractivity contribution < 1.29 is 5.11 Å². The Hall–Kier alpha value is -1.51. The lowest BCUT2D eigenvalue weighted by Crippen LogP contribution is -1.82. The summed E-state index contributed by atoms with van der Waals surface area (Å²) in [5.41, 5.74) is 2.28. The first-order valence-corrected chi connectivity index (χ1v) is 6.10. The predicted molar refractivity (Wildman–Crippen MR) is 76.6 cm³/mol. The van der Waals surface area contributed by atoms with E-state index in [9.17, 15) is 5.11 Å². The van der Waals surface area contributed by atoms with Crippen LogP contribution in [0.5, 0.6) is 5.75 Å². The number of rotatable bonds is 2. The molecule has 0 bridgehead atoms. The van der Waals surface area contributed by atoms with Crippen LogP contribution in [-0.4, -0.2) is 11.3 Å². The molecule has 2 aromatic rings. The van der Waals surface area contributed by atoms with Crippen LogP contribution in [0.25, 0.3) is 0 Å². The molecule has 2 rings (SSSR count). The minimum atomic E-state index is 0.131. The Labute approximate surface area is 116 Å². The molecule has 0 heterocycles. The average Bonchev–Trinajstić information content (AvgIpc) is 2.32. The fourth-order valence-corrected chi connectivity index (χ4v) is 1.95. The van der Waals surface area contributed by atoms with E-state index in [1.807, 2.05) is 25.1 Å². The molecule has 0 amide bonds. The van der Waals surface area contributed by atoms with Gasteiger partial charge in [-0.15, -0.1) is 0 Å². The van der Waals surface area contributed by atoms with Crippen LogP contribution in [0.2, 0.25) is 10.0 Å². The predicted octanol–water partition coefficient (Wildman–Crippen LogP) is 4.76. The van der Waals surface area contributed by atoms with Gasteiger partial charge in [-0.05, 0) is 42.8 Å². The summed E-state index contributed by atoms with van der Waals surface area (Å²) in [4.78, 5) is 4.24. The summed E-state index contributed by atoms with van der Waals surface area (Å²) < 4.78 is 0. The van der Waals surface area contributed by atoms with Crippen LogP contribution in [0.3, 0.4) is 0 Å². The van der Waals surface area contributed by atoms with Gasteiger partial charge in [-0.1, -0.05) is 29.3 Å². The Bertz CT molecular complexity index is 609. The summed E-state index contributed by atoms with van der Waals surface area (Å²) in [5, 5.41) is 10.8. The van der Waals surface area contributed by atoms with E-state index in [0.717, 1.165) is 5.56 Å². The van der Waals surface area contributed by atoms with Crippen LogP contribution < -0.4 is 0 Å². The van der Waals surface area contributed by atoms with Crippen molar-refractivity contribution in [3.05, 3.63) is 57.6 Å². The molecule has 0 saturated carbocycles. The van der Waals surface area contributed by atoms with Gasteiger partial charge in [0, 0.05) is 16.8 Å². The number of benzene rings is 2. The second-order valence-electron chi connectivity index (χ2n) is 3.92. The molecular formula is C14H11Cl2NO. The van der Waals surface area contributed by atoms with Crippen LogP contribution in [-0.2, 0) is 0 Å². The van der Waals surface area contributed by atoms with Crippen molar-refractivity contribution in [1.29, 1.82) is 0 Å². The van der Waals surface area contributed by atoms with Gasteiger partial charge in [0.1, 0.15) is 5.75 Å². The third-order valence-electron chi connectivity index (χ3n) is 2.44. The summed E-state index contributed by atoms with van der Waals surface area (Å²) in [6.45, 7) is 1.96. The number of hydrogen-bond donors (Lipinski definition) is 1. The molecule has 18 heavy (non-hydrogen) atoms. The molecule has 0 aromatic heterocycles. The molecule has 0 spiro atoms. The third-order valence-corrected chi connectivity index (χ3v) is 2.97. The van der Waals surface area contributed by atoms with Crippen molar-refractivity contribution >= 4 is 35.1 Å². The zero-order valence-corrected chi connectivity index (χ0v) is 11.2. The van der Waals surface area contributed by atoms with Gasteiger partial charge >= 0.3 is 0 Å². The molecule has 1 N–H and O–H groups in total. The maximum atomic E-state index is 9.64. The Balaban J connectivity index is 2.32. The van der Waals surface area contributed by atoms with Crippen LogP contribution in [0.15, 0.2) is 41.4 Å². The minimum Gasteiger partial charge on any atom is -0.507 e. The van der Waals surface area contributed by atoms with Gasteiger partial charge in [-0.3, -0.25) is 4.99 Å². The van der Waals surface area contributed by atoms with Crippen LogP contribution in [0.4, 0.5) is 5.69 Å². The minimum absolute atomic E-state index is 0.131. The Morgan fingerprint density at radius 2 is 1.89 bits per heavy atom. The lowest BCUT2D eigenvalue weighted by atomic mass is 10.2. The second kappa shape index (κ2) is 5.42. The first kappa shape index (κ1) is 12.9. The Morgan fingerprint density at radius 3 is 2.61 bits per heavy atom. The maximum absolute atomic E-state index is 9.64. The van der Waals surface area contributed by atoms with Crippen LogP contribution in [0, 0.1) is 6.92 Å². The zero-order chi connectivity index (χ0) is 13.1. The number of aromatic hydroxyl groups is 1. The van der Waals surface area contributed by atoms with Crippen molar-refractivity contribution in [2.24, 2.45) is 4.99 Å². The molecule has 0 saturated heterocycles. The summed E-state index contributed by atoms with van der Waals surface area (Å²) in [6, 6.07) is 10.4. The number of nitrogens with zero attached hydrogens (tertiary/aromatic N) is 1. The molecule has 0 fully saturated rings. The molecule has 4 heteroatoms. The van der Waals surface area contributed by atoms with Gasteiger partial charge in [-0.25, -0.2) is 0 Å². The van der Waals surface area contributed by atoms with E-state index in [-0.39, 0.29) is 5.75 Å². The van der Waals surface area contributed by atoms with E-state index in [0.29, 0.717) is 21.3 Å². The highest BCUT2D eigenvalue weighted by molar-refractivity contribution is 6.33. The largest absolute Gasteiger partial charge is 0.507 e. The molecule has 0 aliphatic rings. The highest BCUT2D eigenvalue weighted by Gasteiger charge is 2.01. The van der Waals surface area contributed by atoms with Gasteiger partial charge in [0.05, 0.1) is 10.7 Å².